The zero-order valence-electron chi connectivity index (χ0n) is 14.0. The number of ether oxygens (including phenoxy) is 3. The van der Waals surface area contributed by atoms with Crippen molar-refractivity contribution in [2.24, 2.45) is 5.92 Å². The molecule has 1 heterocycles. The topological polar surface area (TPSA) is 94.1 Å². The molecule has 0 bridgehead atoms. The summed E-state index contributed by atoms with van der Waals surface area (Å²) in [6.45, 7) is 1.50. The van der Waals surface area contributed by atoms with Crippen LogP contribution in [-0.4, -0.2) is 44.4 Å². The third kappa shape index (κ3) is 4.61. The maximum absolute atomic E-state index is 12.2. The second-order valence-corrected chi connectivity index (χ2v) is 5.71. The summed E-state index contributed by atoms with van der Waals surface area (Å²) in [5, 5.41) is 11.9. The van der Waals surface area contributed by atoms with E-state index in [0.29, 0.717) is 23.8 Å². The molecule has 1 aliphatic rings. The summed E-state index contributed by atoms with van der Waals surface area (Å²) >= 11 is 0. The molecule has 0 saturated carbocycles. The van der Waals surface area contributed by atoms with Crippen molar-refractivity contribution in [2.75, 3.05) is 32.8 Å². The third-order valence-electron chi connectivity index (χ3n) is 4.12. The van der Waals surface area contributed by atoms with Crippen molar-refractivity contribution in [3.8, 4) is 11.5 Å². The number of rotatable bonds is 7. The Hall–Kier alpha value is -2.28. The average molecular weight is 337 g/mol. The van der Waals surface area contributed by atoms with E-state index in [1.807, 2.05) is 0 Å². The number of nitrogens with one attached hydrogen (secondary N) is 1. The van der Waals surface area contributed by atoms with Crippen LogP contribution in [0.2, 0.25) is 0 Å². The molecule has 2 N–H and O–H groups in total. The van der Waals surface area contributed by atoms with Crippen LogP contribution in [0.5, 0.6) is 11.5 Å². The highest BCUT2D eigenvalue weighted by molar-refractivity contribution is 5.96. The van der Waals surface area contributed by atoms with Crippen LogP contribution in [0.4, 0.5) is 5.69 Å². The van der Waals surface area contributed by atoms with Crippen molar-refractivity contribution in [3.63, 3.8) is 0 Å². The molecule has 132 valence electrons. The van der Waals surface area contributed by atoms with Gasteiger partial charge in [-0.15, -0.1) is 0 Å². The minimum absolute atomic E-state index is 0.0207. The van der Waals surface area contributed by atoms with Gasteiger partial charge in [-0.25, -0.2) is 4.79 Å². The summed E-state index contributed by atoms with van der Waals surface area (Å²) in [5.74, 6) is -0.219. The summed E-state index contributed by atoms with van der Waals surface area (Å²) in [5.41, 5.74) is 0.318. The molecule has 7 heteroatoms. The first kappa shape index (κ1) is 18.1. The monoisotopic (exact) mass is 337 g/mol. The zero-order valence-corrected chi connectivity index (χ0v) is 14.0. The highest BCUT2D eigenvalue weighted by Crippen LogP contribution is 2.36. The van der Waals surface area contributed by atoms with Gasteiger partial charge in [-0.1, -0.05) is 0 Å². The summed E-state index contributed by atoms with van der Waals surface area (Å²) in [7, 11) is 2.86. The van der Waals surface area contributed by atoms with E-state index in [0.717, 1.165) is 32.5 Å². The number of methoxy groups -OCH3 is 2. The van der Waals surface area contributed by atoms with E-state index in [2.05, 4.69) is 5.32 Å². The Bertz CT molecular complexity index is 595. The van der Waals surface area contributed by atoms with Crippen molar-refractivity contribution in [2.45, 2.75) is 25.7 Å². The van der Waals surface area contributed by atoms with Gasteiger partial charge in [-0.3, -0.25) is 4.79 Å². The van der Waals surface area contributed by atoms with Crippen LogP contribution >= 0.6 is 0 Å². The molecule has 0 radical (unpaired) electrons. The van der Waals surface area contributed by atoms with Crippen LogP contribution in [0.25, 0.3) is 0 Å². The molecule has 1 fully saturated rings. The van der Waals surface area contributed by atoms with Crippen LogP contribution in [0.15, 0.2) is 12.1 Å². The zero-order chi connectivity index (χ0) is 17.5. The van der Waals surface area contributed by atoms with Crippen molar-refractivity contribution >= 4 is 17.6 Å². The standard InChI is InChI=1S/C17H23NO6/c1-22-14-10-12(17(20)21)9-13(16(14)23-2)18-15(19)4-3-11-5-7-24-8-6-11/h9-11H,3-8H2,1-2H3,(H,18,19)(H,20,21). The van der Waals surface area contributed by atoms with E-state index in [1.165, 1.54) is 26.4 Å². The van der Waals surface area contributed by atoms with Crippen molar-refractivity contribution in [3.05, 3.63) is 17.7 Å². The Morgan fingerprint density at radius 3 is 2.54 bits per heavy atom. The van der Waals surface area contributed by atoms with Crippen molar-refractivity contribution in [1.29, 1.82) is 0 Å². The molecule has 0 unspecified atom stereocenters. The fraction of sp³-hybridized carbons (Fsp3) is 0.529. The second kappa shape index (κ2) is 8.54. The van der Waals surface area contributed by atoms with Gasteiger partial charge in [0.1, 0.15) is 0 Å². The molecular formula is C17H23NO6. The number of hydrogen-bond acceptors (Lipinski definition) is 5. The maximum atomic E-state index is 12.2. The molecule has 24 heavy (non-hydrogen) atoms. The number of amides is 1. The van der Waals surface area contributed by atoms with Gasteiger partial charge in [0.05, 0.1) is 25.5 Å². The van der Waals surface area contributed by atoms with Crippen molar-refractivity contribution < 1.29 is 28.9 Å². The van der Waals surface area contributed by atoms with Gasteiger partial charge in [-0.2, -0.15) is 0 Å². The van der Waals surface area contributed by atoms with Gasteiger partial charge >= 0.3 is 5.97 Å². The Morgan fingerprint density at radius 1 is 1.25 bits per heavy atom. The van der Waals surface area contributed by atoms with Crippen LogP contribution in [0.3, 0.4) is 0 Å². The first-order chi connectivity index (χ1) is 11.5. The number of carbonyl (C=O) groups excluding carboxylic acids is 1. The minimum atomic E-state index is -1.10. The molecular weight excluding hydrogens is 314 g/mol. The normalized spacial score (nSPS) is 14.9. The molecule has 0 atom stereocenters. The number of carboxylic acids is 1. The van der Waals surface area contributed by atoms with E-state index < -0.39 is 5.97 Å². The van der Waals surface area contributed by atoms with Crippen molar-refractivity contribution in [1.82, 2.24) is 0 Å². The van der Waals surface area contributed by atoms with E-state index >= 15 is 0 Å². The molecule has 1 aliphatic heterocycles. The lowest BCUT2D eigenvalue weighted by Crippen LogP contribution is -2.19. The molecule has 0 spiro atoms. The fourth-order valence-corrected chi connectivity index (χ4v) is 2.76. The van der Waals surface area contributed by atoms with Gasteiger partial charge in [0.15, 0.2) is 11.5 Å². The molecule has 2 rings (SSSR count). The number of carboxylic acid groups (broad SMARTS) is 1. The van der Waals surface area contributed by atoms with E-state index in [1.54, 1.807) is 0 Å². The maximum Gasteiger partial charge on any atom is 0.335 e. The lowest BCUT2D eigenvalue weighted by Gasteiger charge is -2.21. The van der Waals surface area contributed by atoms with E-state index in [-0.39, 0.29) is 17.2 Å². The van der Waals surface area contributed by atoms with E-state index in [9.17, 15) is 14.7 Å². The van der Waals surface area contributed by atoms with Gasteiger partial charge in [-0.05, 0) is 37.3 Å². The lowest BCUT2D eigenvalue weighted by atomic mass is 9.95. The molecule has 1 aromatic rings. The molecule has 1 amide bonds. The fourth-order valence-electron chi connectivity index (χ4n) is 2.76. The molecule has 7 nitrogen and oxygen atoms in total. The summed E-state index contributed by atoms with van der Waals surface area (Å²) < 4.78 is 15.7. The number of aromatic carboxylic acids is 1. The van der Waals surface area contributed by atoms with Gasteiger partial charge in [0.2, 0.25) is 5.91 Å². The van der Waals surface area contributed by atoms with Gasteiger partial charge in [0, 0.05) is 19.6 Å². The summed E-state index contributed by atoms with van der Waals surface area (Å²) in [6.07, 6.45) is 3.10. The largest absolute Gasteiger partial charge is 0.493 e. The first-order valence-corrected chi connectivity index (χ1v) is 7.92. The minimum Gasteiger partial charge on any atom is -0.493 e. The molecule has 1 saturated heterocycles. The molecule has 1 aromatic carbocycles. The highest BCUT2D eigenvalue weighted by Gasteiger charge is 2.19. The van der Waals surface area contributed by atoms with Crippen LogP contribution in [0, 0.1) is 5.92 Å². The van der Waals surface area contributed by atoms with Gasteiger partial charge < -0.3 is 24.6 Å². The smallest absolute Gasteiger partial charge is 0.335 e. The van der Waals surface area contributed by atoms with Crippen LogP contribution in [-0.2, 0) is 9.53 Å². The average Bonchev–Trinajstić information content (AvgIpc) is 2.60. The predicted octanol–water partition coefficient (Wildman–Crippen LogP) is 2.55. The first-order valence-electron chi connectivity index (χ1n) is 7.92. The Kier molecular flexibility index (Phi) is 6.43. The Labute approximate surface area is 140 Å². The number of carbonyl (C=O) groups is 2. The van der Waals surface area contributed by atoms with Crippen LogP contribution < -0.4 is 14.8 Å². The second-order valence-electron chi connectivity index (χ2n) is 5.71. The van der Waals surface area contributed by atoms with E-state index in [4.69, 9.17) is 14.2 Å². The quantitative estimate of drug-likeness (QED) is 0.794. The predicted molar refractivity (Wildman–Crippen MR) is 87.9 cm³/mol. The molecule has 0 aliphatic carbocycles. The van der Waals surface area contributed by atoms with Gasteiger partial charge in [0.25, 0.3) is 0 Å². The Morgan fingerprint density at radius 2 is 1.96 bits per heavy atom. The molecule has 0 aromatic heterocycles. The van der Waals surface area contributed by atoms with Crippen LogP contribution in [0.1, 0.15) is 36.0 Å². The Balaban J connectivity index is 2.07. The summed E-state index contributed by atoms with van der Waals surface area (Å²) in [4.78, 5) is 23.4. The number of hydrogen-bond donors (Lipinski definition) is 2. The lowest BCUT2D eigenvalue weighted by molar-refractivity contribution is -0.116. The third-order valence-corrected chi connectivity index (χ3v) is 4.12. The number of benzene rings is 1. The highest BCUT2D eigenvalue weighted by atomic mass is 16.5. The summed E-state index contributed by atoms with van der Waals surface area (Å²) in [6, 6.07) is 2.73. The SMILES string of the molecule is COc1cc(C(=O)O)cc(NC(=O)CCC2CCOCC2)c1OC. The number of anilines is 1.